The Kier molecular flexibility index (Phi) is 5.11. The molecule has 0 spiro atoms. The Morgan fingerprint density at radius 3 is 2.94 bits per heavy atom. The third kappa shape index (κ3) is 3.45. The molecular weight excluding hydrogens is 432 g/mol. The summed E-state index contributed by atoms with van der Waals surface area (Å²) >= 11 is 0. The molecular formula is C24H24N8O2. The van der Waals surface area contributed by atoms with Gasteiger partial charge in [-0.1, -0.05) is 5.21 Å². The Morgan fingerprint density at radius 2 is 2.09 bits per heavy atom. The fourth-order valence-corrected chi connectivity index (χ4v) is 4.83. The molecule has 1 unspecified atom stereocenters. The van der Waals surface area contributed by atoms with Crippen LogP contribution in [-0.2, 0) is 0 Å². The number of nitrogens with zero attached hydrogens (tertiary/aromatic N) is 7. The van der Waals surface area contributed by atoms with E-state index in [1.54, 1.807) is 16.8 Å². The van der Waals surface area contributed by atoms with Gasteiger partial charge in [0.15, 0.2) is 0 Å². The maximum Gasteiger partial charge on any atom is 0.201 e. The zero-order chi connectivity index (χ0) is 23.1. The molecule has 0 aliphatic carbocycles. The van der Waals surface area contributed by atoms with Crippen LogP contribution in [0, 0.1) is 18.3 Å². The van der Waals surface area contributed by atoms with E-state index in [4.69, 9.17) is 9.47 Å². The second-order valence-corrected chi connectivity index (χ2v) is 8.61. The summed E-state index contributed by atoms with van der Waals surface area (Å²) in [6.45, 7) is 4.54. The second-order valence-electron chi connectivity index (χ2n) is 8.61. The molecule has 0 aromatic carbocycles. The number of hydrogen-bond acceptors (Lipinski definition) is 8. The van der Waals surface area contributed by atoms with Gasteiger partial charge < -0.3 is 14.8 Å². The van der Waals surface area contributed by atoms with E-state index in [1.807, 2.05) is 35.9 Å². The number of fused-ring (bicyclic) bond motifs is 2. The molecule has 4 aromatic rings. The maximum absolute atomic E-state index is 9.66. The molecule has 2 aliphatic heterocycles. The van der Waals surface area contributed by atoms with Gasteiger partial charge >= 0.3 is 0 Å². The highest BCUT2D eigenvalue weighted by atomic mass is 16.5. The van der Waals surface area contributed by atoms with E-state index in [2.05, 4.69) is 31.7 Å². The van der Waals surface area contributed by atoms with Crippen LogP contribution < -0.4 is 14.8 Å². The molecule has 1 saturated heterocycles. The van der Waals surface area contributed by atoms with Crippen molar-refractivity contribution in [3.63, 3.8) is 0 Å². The average molecular weight is 457 g/mol. The number of nitrogens with one attached hydrogen (secondary N) is 1. The summed E-state index contributed by atoms with van der Waals surface area (Å²) in [5, 5.41) is 22.1. The number of aromatic nitrogens is 6. The number of nitriles is 1. The topological polar surface area (TPSA) is 115 Å². The first-order chi connectivity index (χ1) is 16.7. The molecule has 0 saturated carbocycles. The van der Waals surface area contributed by atoms with Gasteiger partial charge in [-0.2, -0.15) is 5.26 Å². The Bertz CT molecular complexity index is 1400. The Balaban J connectivity index is 1.43. The average Bonchev–Trinajstić information content (AvgIpc) is 3.48. The van der Waals surface area contributed by atoms with Gasteiger partial charge in [0.2, 0.25) is 5.88 Å². The van der Waals surface area contributed by atoms with Crippen LogP contribution in [0.25, 0.3) is 16.9 Å². The lowest BCUT2D eigenvalue weighted by Crippen LogP contribution is -2.30. The molecule has 4 aromatic heterocycles. The van der Waals surface area contributed by atoms with Crippen LogP contribution in [0.5, 0.6) is 11.6 Å². The molecule has 2 aliphatic rings. The van der Waals surface area contributed by atoms with Crippen LogP contribution in [0.2, 0.25) is 0 Å². The van der Waals surface area contributed by atoms with Gasteiger partial charge in [0, 0.05) is 24.2 Å². The molecule has 6 heterocycles. The summed E-state index contributed by atoms with van der Waals surface area (Å²) in [4.78, 5) is 8.94. The van der Waals surface area contributed by atoms with Gasteiger partial charge in [-0.25, -0.2) is 9.67 Å². The zero-order valence-corrected chi connectivity index (χ0v) is 18.8. The van der Waals surface area contributed by atoms with Gasteiger partial charge in [0.1, 0.15) is 40.7 Å². The van der Waals surface area contributed by atoms with E-state index >= 15 is 0 Å². The smallest absolute Gasteiger partial charge is 0.201 e. The lowest BCUT2D eigenvalue weighted by Gasteiger charge is -2.26. The summed E-state index contributed by atoms with van der Waals surface area (Å²) < 4.78 is 16.0. The van der Waals surface area contributed by atoms with E-state index in [0.717, 1.165) is 54.3 Å². The molecule has 1 atom stereocenters. The monoisotopic (exact) mass is 456 g/mol. The third-order valence-corrected chi connectivity index (χ3v) is 6.55. The summed E-state index contributed by atoms with van der Waals surface area (Å²) in [7, 11) is 0. The number of rotatable bonds is 4. The fraction of sp³-hybridized carbons (Fsp3) is 0.375. The Hall–Kier alpha value is -3.97. The predicted octanol–water partition coefficient (Wildman–Crippen LogP) is 3.00. The highest BCUT2D eigenvalue weighted by Gasteiger charge is 2.27. The molecule has 10 heteroatoms. The number of imidazole rings is 1. The minimum Gasteiger partial charge on any atom is -0.491 e. The number of ether oxygens (including phenoxy) is 2. The zero-order valence-electron chi connectivity index (χ0n) is 18.8. The van der Waals surface area contributed by atoms with E-state index < -0.39 is 0 Å². The summed E-state index contributed by atoms with van der Waals surface area (Å²) in [5.74, 6) is 1.24. The number of piperidine rings is 1. The first-order valence-corrected chi connectivity index (χ1v) is 11.5. The van der Waals surface area contributed by atoms with Gasteiger partial charge in [-0.3, -0.25) is 9.38 Å². The van der Waals surface area contributed by atoms with Crippen molar-refractivity contribution in [2.45, 2.75) is 38.3 Å². The van der Waals surface area contributed by atoms with Crippen molar-refractivity contribution >= 4 is 5.65 Å². The molecule has 172 valence electrons. The summed E-state index contributed by atoms with van der Waals surface area (Å²) in [6, 6.07) is 10.1. The van der Waals surface area contributed by atoms with Crippen molar-refractivity contribution in [3.8, 4) is 29.0 Å². The van der Waals surface area contributed by atoms with Crippen molar-refractivity contribution in [3.05, 3.63) is 53.7 Å². The standard InChI is InChI=1S/C24H24N8O2/c1-15-23(29-30-32(15)17-4-8-26-9-5-17)16-11-21-28-14-18(13-25)31(21)22(12-16)34-20-6-10-33-19-3-2-7-27-24(19)20/h2-3,7,11-12,14,17,20,26H,4-6,8-10H2,1H3. The molecule has 6 rings (SSSR count). The van der Waals surface area contributed by atoms with Crippen LogP contribution in [0.4, 0.5) is 0 Å². The van der Waals surface area contributed by atoms with Crippen molar-refractivity contribution in [1.82, 2.24) is 34.7 Å². The van der Waals surface area contributed by atoms with Crippen LogP contribution in [0.3, 0.4) is 0 Å². The number of pyridine rings is 2. The van der Waals surface area contributed by atoms with E-state index in [9.17, 15) is 5.26 Å². The van der Waals surface area contributed by atoms with Crippen molar-refractivity contribution in [2.75, 3.05) is 19.7 Å². The molecule has 34 heavy (non-hydrogen) atoms. The Morgan fingerprint density at radius 1 is 1.21 bits per heavy atom. The lowest BCUT2D eigenvalue weighted by atomic mass is 10.1. The highest BCUT2D eigenvalue weighted by molar-refractivity contribution is 5.68. The van der Waals surface area contributed by atoms with Crippen LogP contribution in [0.1, 0.15) is 48.5 Å². The van der Waals surface area contributed by atoms with Crippen molar-refractivity contribution < 1.29 is 9.47 Å². The van der Waals surface area contributed by atoms with E-state index in [-0.39, 0.29) is 6.10 Å². The molecule has 0 bridgehead atoms. The quantitative estimate of drug-likeness (QED) is 0.498. The summed E-state index contributed by atoms with van der Waals surface area (Å²) in [5.41, 5.74) is 4.42. The molecule has 0 amide bonds. The van der Waals surface area contributed by atoms with Gasteiger partial charge in [0.25, 0.3) is 0 Å². The van der Waals surface area contributed by atoms with Crippen LogP contribution in [0.15, 0.2) is 36.7 Å². The van der Waals surface area contributed by atoms with Gasteiger partial charge in [-0.05, 0) is 51.1 Å². The maximum atomic E-state index is 9.66. The first-order valence-electron chi connectivity index (χ1n) is 11.5. The lowest BCUT2D eigenvalue weighted by molar-refractivity contribution is 0.125. The number of hydrogen-bond donors (Lipinski definition) is 1. The van der Waals surface area contributed by atoms with Gasteiger partial charge in [0.05, 0.1) is 24.5 Å². The Labute approximate surface area is 196 Å². The minimum atomic E-state index is -0.302. The largest absolute Gasteiger partial charge is 0.491 e. The molecule has 1 fully saturated rings. The molecule has 1 N–H and O–H groups in total. The van der Waals surface area contributed by atoms with Crippen molar-refractivity contribution in [1.29, 1.82) is 5.26 Å². The molecule has 10 nitrogen and oxygen atoms in total. The van der Waals surface area contributed by atoms with E-state index in [0.29, 0.717) is 36.3 Å². The van der Waals surface area contributed by atoms with Crippen LogP contribution >= 0.6 is 0 Å². The van der Waals surface area contributed by atoms with Crippen LogP contribution in [-0.4, -0.2) is 49.1 Å². The predicted molar refractivity (Wildman–Crippen MR) is 123 cm³/mol. The molecule has 0 radical (unpaired) electrons. The van der Waals surface area contributed by atoms with Crippen molar-refractivity contribution in [2.24, 2.45) is 0 Å². The van der Waals surface area contributed by atoms with E-state index in [1.165, 1.54) is 0 Å². The summed E-state index contributed by atoms with van der Waals surface area (Å²) in [6.07, 6.45) is 5.69. The van der Waals surface area contributed by atoms with Gasteiger partial charge in [-0.15, -0.1) is 5.10 Å². The first kappa shape index (κ1) is 20.6. The minimum absolute atomic E-state index is 0.302. The normalized spacial score (nSPS) is 18.3. The second kappa shape index (κ2) is 8.43. The SMILES string of the molecule is Cc1c(-c2cc(OC3CCOc4cccnc43)n3c(C#N)cnc3c2)nnn1C1CCNCC1. The highest BCUT2D eigenvalue weighted by Crippen LogP contribution is 2.36. The third-order valence-electron chi connectivity index (χ3n) is 6.55. The fourth-order valence-electron chi connectivity index (χ4n) is 4.83.